The molecule has 1 amide bonds. The van der Waals surface area contributed by atoms with Gasteiger partial charge in [0.05, 0.1) is 0 Å². The number of anilines is 1. The molecule has 1 N–H and O–H groups in total. The van der Waals surface area contributed by atoms with Gasteiger partial charge in [-0.2, -0.15) is 0 Å². The third-order valence-corrected chi connectivity index (χ3v) is 3.31. The topological polar surface area (TPSA) is 94.6 Å². The molecule has 2 heterocycles. The summed E-state index contributed by atoms with van der Waals surface area (Å²) in [5, 5.41) is 6.48. The largest absolute Gasteiger partial charge is 0.450 e. The summed E-state index contributed by atoms with van der Waals surface area (Å²) in [4.78, 5) is 23.8. The van der Waals surface area contributed by atoms with E-state index in [-0.39, 0.29) is 11.6 Å². The number of hydrogen-bond donors (Lipinski definition) is 1. The van der Waals surface area contributed by atoms with Crippen LogP contribution in [0.15, 0.2) is 33.2 Å². The minimum Gasteiger partial charge on any atom is -0.450 e. The molecular formula is C16H13FN2O5. The monoisotopic (exact) mass is 332 g/mol. The molecule has 3 rings (SSSR count). The van der Waals surface area contributed by atoms with E-state index in [1.54, 1.807) is 13.8 Å². The van der Waals surface area contributed by atoms with Crippen LogP contribution in [0.4, 0.5) is 10.2 Å². The molecule has 1 aromatic carbocycles. The van der Waals surface area contributed by atoms with Crippen molar-refractivity contribution in [2.75, 3.05) is 11.9 Å². The number of halogens is 1. The number of aryl methyl sites for hydroxylation is 2. The van der Waals surface area contributed by atoms with Crippen molar-refractivity contribution < 1.29 is 27.7 Å². The number of fused-ring (bicyclic) bond motifs is 1. The second-order valence-electron chi connectivity index (χ2n) is 5.14. The lowest BCUT2D eigenvalue weighted by Crippen LogP contribution is -2.21. The van der Waals surface area contributed by atoms with E-state index in [1.807, 2.05) is 0 Å². The zero-order valence-corrected chi connectivity index (χ0v) is 12.9. The van der Waals surface area contributed by atoms with Crippen LogP contribution in [0, 0.1) is 19.7 Å². The first kappa shape index (κ1) is 15.7. The van der Waals surface area contributed by atoms with Gasteiger partial charge in [0.15, 0.2) is 12.4 Å². The van der Waals surface area contributed by atoms with Gasteiger partial charge in [0.1, 0.15) is 17.2 Å². The van der Waals surface area contributed by atoms with Crippen molar-refractivity contribution >= 4 is 28.7 Å². The maximum Gasteiger partial charge on any atom is 0.375 e. The van der Waals surface area contributed by atoms with Crippen molar-refractivity contribution in [3.05, 3.63) is 47.2 Å². The van der Waals surface area contributed by atoms with Crippen LogP contribution in [-0.4, -0.2) is 23.6 Å². The molecule has 24 heavy (non-hydrogen) atoms. The summed E-state index contributed by atoms with van der Waals surface area (Å²) in [6.45, 7) is 2.77. The fraction of sp³-hybridized carbons (Fsp3) is 0.188. The van der Waals surface area contributed by atoms with E-state index in [0.29, 0.717) is 22.3 Å². The number of nitrogens with zero attached hydrogens (tertiary/aromatic N) is 1. The lowest BCUT2D eigenvalue weighted by atomic mass is 10.1. The fourth-order valence-electron chi connectivity index (χ4n) is 2.19. The molecule has 8 heteroatoms. The average Bonchev–Trinajstić information content (AvgIpc) is 3.09. The molecule has 3 aromatic rings. The number of ether oxygens (including phenoxy) is 1. The van der Waals surface area contributed by atoms with Crippen LogP contribution in [0.5, 0.6) is 0 Å². The first-order valence-electron chi connectivity index (χ1n) is 7.03. The van der Waals surface area contributed by atoms with Gasteiger partial charge in [-0.3, -0.25) is 4.79 Å². The number of carbonyl (C=O) groups is 2. The van der Waals surface area contributed by atoms with E-state index in [9.17, 15) is 14.0 Å². The van der Waals surface area contributed by atoms with E-state index in [0.717, 1.165) is 0 Å². The van der Waals surface area contributed by atoms with Gasteiger partial charge in [0, 0.05) is 17.0 Å². The number of aromatic nitrogens is 1. The number of nitrogens with one attached hydrogen (secondary N) is 1. The fourth-order valence-corrected chi connectivity index (χ4v) is 2.19. The molecule has 0 atom stereocenters. The van der Waals surface area contributed by atoms with Crippen LogP contribution in [0.25, 0.3) is 11.0 Å². The molecule has 0 aliphatic carbocycles. The molecule has 0 radical (unpaired) electrons. The van der Waals surface area contributed by atoms with Gasteiger partial charge in [-0.1, -0.05) is 5.16 Å². The Morgan fingerprint density at radius 3 is 2.79 bits per heavy atom. The van der Waals surface area contributed by atoms with Gasteiger partial charge >= 0.3 is 5.97 Å². The molecule has 0 aliphatic heterocycles. The first-order chi connectivity index (χ1) is 11.4. The van der Waals surface area contributed by atoms with Crippen LogP contribution in [0.2, 0.25) is 0 Å². The summed E-state index contributed by atoms with van der Waals surface area (Å²) in [6, 6.07) is 5.45. The molecule has 0 unspecified atom stereocenters. The van der Waals surface area contributed by atoms with Crippen LogP contribution in [0.3, 0.4) is 0 Å². The smallest absolute Gasteiger partial charge is 0.375 e. The Kier molecular flexibility index (Phi) is 4.03. The maximum absolute atomic E-state index is 13.3. The Morgan fingerprint density at radius 2 is 2.08 bits per heavy atom. The Balaban J connectivity index is 1.66. The zero-order valence-electron chi connectivity index (χ0n) is 12.9. The minimum atomic E-state index is -0.810. The summed E-state index contributed by atoms with van der Waals surface area (Å²) in [7, 11) is 0. The van der Waals surface area contributed by atoms with E-state index in [4.69, 9.17) is 13.7 Å². The molecule has 2 aromatic heterocycles. The normalized spacial score (nSPS) is 10.8. The van der Waals surface area contributed by atoms with E-state index < -0.39 is 24.3 Å². The van der Waals surface area contributed by atoms with Crippen molar-refractivity contribution in [2.45, 2.75) is 13.8 Å². The second kappa shape index (κ2) is 6.15. The minimum absolute atomic E-state index is 0.0688. The third kappa shape index (κ3) is 3.12. The number of esters is 1. The molecule has 0 fully saturated rings. The summed E-state index contributed by atoms with van der Waals surface area (Å²) in [5.41, 5.74) is 0.811. The Hall–Kier alpha value is -3.16. The molecule has 0 saturated carbocycles. The van der Waals surface area contributed by atoms with Crippen LogP contribution in [-0.2, 0) is 9.53 Å². The number of carbonyl (C=O) groups excluding carboxylic acids is 2. The molecule has 0 saturated heterocycles. The number of rotatable bonds is 4. The van der Waals surface area contributed by atoms with Gasteiger partial charge in [-0.05, 0) is 32.0 Å². The summed E-state index contributed by atoms with van der Waals surface area (Å²) in [6.07, 6.45) is 0. The summed E-state index contributed by atoms with van der Waals surface area (Å²) < 4.78 is 28.3. The highest BCUT2D eigenvalue weighted by Crippen LogP contribution is 2.26. The average molecular weight is 332 g/mol. The Morgan fingerprint density at radius 1 is 1.29 bits per heavy atom. The Labute approximate surface area is 135 Å². The summed E-state index contributed by atoms with van der Waals surface area (Å²) in [5.74, 6) is -1.13. The van der Waals surface area contributed by atoms with Crippen molar-refractivity contribution in [2.24, 2.45) is 0 Å². The van der Waals surface area contributed by atoms with Crippen molar-refractivity contribution in [1.29, 1.82) is 0 Å². The summed E-state index contributed by atoms with van der Waals surface area (Å²) >= 11 is 0. The van der Waals surface area contributed by atoms with Gasteiger partial charge in [-0.25, -0.2) is 9.18 Å². The van der Waals surface area contributed by atoms with E-state index >= 15 is 0 Å². The predicted molar refractivity (Wildman–Crippen MR) is 81.1 cm³/mol. The van der Waals surface area contributed by atoms with Crippen molar-refractivity contribution in [1.82, 2.24) is 5.16 Å². The van der Waals surface area contributed by atoms with Crippen LogP contribution in [0.1, 0.15) is 21.9 Å². The number of benzene rings is 1. The van der Waals surface area contributed by atoms with Gasteiger partial charge in [0.25, 0.3) is 5.91 Å². The zero-order chi connectivity index (χ0) is 17.3. The van der Waals surface area contributed by atoms with E-state index in [2.05, 4.69) is 10.5 Å². The van der Waals surface area contributed by atoms with Gasteiger partial charge < -0.3 is 19.0 Å². The molecule has 124 valence electrons. The number of amides is 1. The predicted octanol–water partition coefficient (Wildman–Crippen LogP) is 2.97. The SMILES string of the molecule is Cc1cc(NC(=O)COC(=O)c2oc3ccc(F)cc3c2C)no1. The first-order valence-corrected chi connectivity index (χ1v) is 7.03. The van der Waals surface area contributed by atoms with Gasteiger partial charge in [0.2, 0.25) is 5.76 Å². The van der Waals surface area contributed by atoms with Crippen LogP contribution < -0.4 is 5.32 Å². The molecule has 7 nitrogen and oxygen atoms in total. The lowest BCUT2D eigenvalue weighted by molar-refractivity contribution is -0.119. The van der Waals surface area contributed by atoms with Crippen molar-refractivity contribution in [3.8, 4) is 0 Å². The van der Waals surface area contributed by atoms with E-state index in [1.165, 1.54) is 24.3 Å². The third-order valence-electron chi connectivity index (χ3n) is 3.31. The highest BCUT2D eigenvalue weighted by atomic mass is 19.1. The van der Waals surface area contributed by atoms with Crippen LogP contribution >= 0.6 is 0 Å². The number of furan rings is 1. The maximum atomic E-state index is 13.3. The van der Waals surface area contributed by atoms with Gasteiger partial charge in [-0.15, -0.1) is 0 Å². The quantitative estimate of drug-likeness (QED) is 0.738. The highest BCUT2D eigenvalue weighted by molar-refractivity contribution is 5.98. The Bertz CT molecular complexity index is 928. The molecule has 0 aliphatic rings. The number of hydrogen-bond acceptors (Lipinski definition) is 6. The molecule has 0 spiro atoms. The molecule has 0 bridgehead atoms. The van der Waals surface area contributed by atoms with Crippen molar-refractivity contribution in [3.63, 3.8) is 0 Å². The highest BCUT2D eigenvalue weighted by Gasteiger charge is 2.20. The second-order valence-corrected chi connectivity index (χ2v) is 5.14. The standard InChI is InChI=1S/C16H13FN2O5/c1-8-5-13(19-24-8)18-14(20)7-22-16(21)15-9(2)11-6-10(17)3-4-12(11)23-15/h3-6H,7H2,1-2H3,(H,18,19,20). The molecular weight excluding hydrogens is 319 g/mol. The lowest BCUT2D eigenvalue weighted by Gasteiger charge is -2.03.